The van der Waals surface area contributed by atoms with Crippen LogP contribution in [0.4, 0.5) is 5.13 Å². The lowest BCUT2D eigenvalue weighted by atomic mass is 9.81. The summed E-state index contributed by atoms with van der Waals surface area (Å²) in [4.78, 5) is 21.7. The molecule has 1 fully saturated rings. The van der Waals surface area contributed by atoms with Crippen LogP contribution in [0.25, 0.3) is 11.3 Å². The second-order valence-electron chi connectivity index (χ2n) is 6.08. The molecule has 0 radical (unpaired) electrons. The van der Waals surface area contributed by atoms with Crippen molar-refractivity contribution in [3.05, 3.63) is 36.2 Å². The number of tetrazole rings is 1. The molecular weight excluding hydrogens is 338 g/mol. The number of pyridine rings is 1. The maximum absolute atomic E-state index is 13.1. The zero-order valence-electron chi connectivity index (χ0n) is 13.5. The first-order valence-corrected chi connectivity index (χ1v) is 9.07. The number of hydrogen-bond donors (Lipinski definition) is 1. The highest BCUT2D eigenvalue weighted by atomic mass is 32.1. The number of thiazole rings is 1. The van der Waals surface area contributed by atoms with Gasteiger partial charge in [0.05, 0.1) is 5.69 Å². The Bertz CT molecular complexity index is 841. The molecule has 0 aliphatic heterocycles. The fourth-order valence-electron chi connectivity index (χ4n) is 3.25. The monoisotopic (exact) mass is 355 g/mol. The molecule has 128 valence electrons. The molecule has 25 heavy (non-hydrogen) atoms. The minimum Gasteiger partial charge on any atom is -0.300 e. The van der Waals surface area contributed by atoms with Gasteiger partial charge in [-0.05, 0) is 35.4 Å². The summed E-state index contributed by atoms with van der Waals surface area (Å²) < 4.78 is 1.59. The Kier molecular flexibility index (Phi) is 4.22. The largest absolute Gasteiger partial charge is 0.300 e. The Morgan fingerprint density at radius 1 is 1.28 bits per heavy atom. The van der Waals surface area contributed by atoms with Crippen molar-refractivity contribution in [3.8, 4) is 11.3 Å². The molecule has 0 bridgehead atoms. The van der Waals surface area contributed by atoms with Crippen LogP contribution in [0.3, 0.4) is 0 Å². The van der Waals surface area contributed by atoms with E-state index in [9.17, 15) is 4.79 Å². The molecule has 8 nitrogen and oxygen atoms in total. The molecule has 9 heteroatoms. The fourth-order valence-corrected chi connectivity index (χ4v) is 3.96. The zero-order chi connectivity index (χ0) is 17.1. The molecule has 3 heterocycles. The average Bonchev–Trinajstić information content (AvgIpc) is 3.35. The number of carbonyl (C=O) groups excluding carboxylic acids is 1. The molecule has 3 aromatic heterocycles. The highest BCUT2D eigenvalue weighted by molar-refractivity contribution is 7.14. The first kappa shape index (κ1) is 15.8. The highest BCUT2D eigenvalue weighted by Crippen LogP contribution is 2.36. The van der Waals surface area contributed by atoms with Crippen molar-refractivity contribution in [2.75, 3.05) is 5.32 Å². The Balaban J connectivity index is 1.57. The van der Waals surface area contributed by atoms with Crippen LogP contribution in [0.15, 0.2) is 36.2 Å². The first-order valence-electron chi connectivity index (χ1n) is 8.19. The van der Waals surface area contributed by atoms with E-state index in [0.29, 0.717) is 5.13 Å². The van der Waals surface area contributed by atoms with Crippen molar-refractivity contribution in [3.63, 3.8) is 0 Å². The molecule has 0 atom stereocenters. The van der Waals surface area contributed by atoms with E-state index in [-0.39, 0.29) is 5.91 Å². The van der Waals surface area contributed by atoms with Crippen molar-refractivity contribution in [2.24, 2.45) is 0 Å². The number of anilines is 1. The van der Waals surface area contributed by atoms with Gasteiger partial charge >= 0.3 is 0 Å². The molecule has 0 saturated heterocycles. The summed E-state index contributed by atoms with van der Waals surface area (Å²) in [6.07, 6.45) is 9.53. The number of rotatable bonds is 4. The molecule has 1 N–H and O–H groups in total. The first-order chi connectivity index (χ1) is 12.3. The third-order valence-corrected chi connectivity index (χ3v) is 5.33. The second kappa shape index (κ2) is 6.67. The molecule has 0 spiro atoms. The molecule has 4 rings (SSSR count). The van der Waals surface area contributed by atoms with Crippen molar-refractivity contribution >= 4 is 22.4 Å². The van der Waals surface area contributed by atoms with Gasteiger partial charge in [-0.3, -0.25) is 15.1 Å². The second-order valence-corrected chi connectivity index (χ2v) is 6.94. The molecule has 1 amide bonds. The highest BCUT2D eigenvalue weighted by Gasteiger charge is 2.43. The van der Waals surface area contributed by atoms with Crippen LogP contribution in [0.5, 0.6) is 0 Å². The van der Waals surface area contributed by atoms with Crippen molar-refractivity contribution < 1.29 is 4.79 Å². The summed E-state index contributed by atoms with van der Waals surface area (Å²) in [5.74, 6) is -0.105. The summed E-state index contributed by atoms with van der Waals surface area (Å²) in [5, 5.41) is 16.9. The summed E-state index contributed by atoms with van der Waals surface area (Å²) in [6.45, 7) is 0. The van der Waals surface area contributed by atoms with E-state index >= 15 is 0 Å². The van der Waals surface area contributed by atoms with Crippen LogP contribution in [0.1, 0.15) is 32.1 Å². The Hall–Kier alpha value is -2.68. The van der Waals surface area contributed by atoms with E-state index < -0.39 is 5.54 Å². The number of aromatic nitrogens is 6. The standard InChI is InChI=1S/C16H17N7OS/c24-14(16(6-2-1-3-7-16)23-11-18-21-22-23)20-15-19-13(10-25-15)12-5-4-8-17-9-12/h4-5,8-11H,1-3,6-7H2,(H,19,20,24). The van der Waals surface area contributed by atoms with Gasteiger partial charge in [0.1, 0.15) is 11.9 Å². The van der Waals surface area contributed by atoms with E-state index in [1.807, 2.05) is 17.5 Å². The maximum atomic E-state index is 13.1. The number of amides is 1. The normalized spacial score (nSPS) is 16.5. The van der Waals surface area contributed by atoms with Gasteiger partial charge in [0.2, 0.25) is 0 Å². The SMILES string of the molecule is O=C(Nc1nc(-c2cccnc2)cs1)C1(n2cnnn2)CCCCC1. The quantitative estimate of drug-likeness (QED) is 0.772. The molecule has 1 aliphatic rings. The number of carbonyl (C=O) groups is 1. The van der Waals surface area contributed by atoms with Gasteiger partial charge < -0.3 is 0 Å². The molecule has 3 aromatic rings. The fraction of sp³-hybridized carbons (Fsp3) is 0.375. The van der Waals surface area contributed by atoms with Gasteiger partial charge in [-0.2, -0.15) is 0 Å². The summed E-state index contributed by atoms with van der Waals surface area (Å²) >= 11 is 1.40. The van der Waals surface area contributed by atoms with Gasteiger partial charge in [0.15, 0.2) is 5.13 Å². The van der Waals surface area contributed by atoms with Crippen molar-refractivity contribution in [1.29, 1.82) is 0 Å². The van der Waals surface area contributed by atoms with Crippen molar-refractivity contribution in [2.45, 2.75) is 37.6 Å². The van der Waals surface area contributed by atoms with Crippen LogP contribution >= 0.6 is 11.3 Å². The zero-order valence-corrected chi connectivity index (χ0v) is 14.3. The van der Waals surface area contributed by atoms with Crippen LogP contribution < -0.4 is 5.32 Å². The van der Waals surface area contributed by atoms with E-state index in [0.717, 1.165) is 43.4 Å². The Morgan fingerprint density at radius 3 is 2.88 bits per heavy atom. The topological polar surface area (TPSA) is 98.5 Å². The lowest BCUT2D eigenvalue weighted by Crippen LogP contribution is -2.47. The van der Waals surface area contributed by atoms with Gasteiger partial charge in [0, 0.05) is 23.3 Å². The predicted octanol–water partition coefficient (Wildman–Crippen LogP) is 2.49. The lowest BCUT2D eigenvalue weighted by molar-refractivity contribution is -0.126. The van der Waals surface area contributed by atoms with Gasteiger partial charge in [0.25, 0.3) is 5.91 Å². The summed E-state index contributed by atoms with van der Waals surface area (Å²) in [7, 11) is 0. The molecule has 0 aromatic carbocycles. The van der Waals surface area contributed by atoms with Gasteiger partial charge in [-0.25, -0.2) is 9.67 Å². The third-order valence-electron chi connectivity index (χ3n) is 4.57. The van der Waals surface area contributed by atoms with Crippen molar-refractivity contribution in [1.82, 2.24) is 30.2 Å². The average molecular weight is 355 g/mol. The van der Waals surface area contributed by atoms with Crippen LogP contribution in [0.2, 0.25) is 0 Å². The molecule has 0 unspecified atom stereocenters. The van der Waals surface area contributed by atoms with Gasteiger partial charge in [-0.1, -0.05) is 19.3 Å². The maximum Gasteiger partial charge on any atom is 0.254 e. The van der Waals surface area contributed by atoms with Crippen LogP contribution in [-0.4, -0.2) is 36.1 Å². The molecule has 1 saturated carbocycles. The third kappa shape index (κ3) is 3.02. The number of hydrogen-bond acceptors (Lipinski definition) is 7. The summed E-state index contributed by atoms with van der Waals surface area (Å²) in [5.41, 5.74) is 0.989. The number of nitrogens with one attached hydrogen (secondary N) is 1. The minimum absolute atomic E-state index is 0.105. The molecule has 1 aliphatic carbocycles. The molecular formula is C16H17N7OS. The van der Waals surface area contributed by atoms with Crippen LogP contribution in [0, 0.1) is 0 Å². The Morgan fingerprint density at radius 2 is 2.16 bits per heavy atom. The summed E-state index contributed by atoms with van der Waals surface area (Å²) in [6, 6.07) is 3.80. The Labute approximate surface area is 148 Å². The number of nitrogens with zero attached hydrogens (tertiary/aromatic N) is 6. The predicted molar refractivity (Wildman–Crippen MR) is 92.9 cm³/mol. The minimum atomic E-state index is -0.734. The van der Waals surface area contributed by atoms with Gasteiger partial charge in [-0.15, -0.1) is 16.4 Å². The smallest absolute Gasteiger partial charge is 0.254 e. The van der Waals surface area contributed by atoms with E-state index in [2.05, 4.69) is 30.8 Å². The van der Waals surface area contributed by atoms with E-state index in [1.165, 1.54) is 17.7 Å². The van der Waals surface area contributed by atoms with E-state index in [4.69, 9.17) is 0 Å². The lowest BCUT2D eigenvalue weighted by Gasteiger charge is -2.34. The van der Waals surface area contributed by atoms with Crippen LogP contribution in [-0.2, 0) is 10.3 Å². The van der Waals surface area contributed by atoms with E-state index in [1.54, 1.807) is 17.1 Å².